The van der Waals surface area contributed by atoms with E-state index in [2.05, 4.69) is 11.6 Å². The summed E-state index contributed by atoms with van der Waals surface area (Å²) < 4.78 is 27.1. The van der Waals surface area contributed by atoms with Crippen molar-refractivity contribution in [2.75, 3.05) is 4.72 Å². The van der Waals surface area contributed by atoms with E-state index in [0.29, 0.717) is 11.3 Å². The first kappa shape index (κ1) is 15.0. The number of rotatable bonds is 6. The topological polar surface area (TPSA) is 66.4 Å². The van der Waals surface area contributed by atoms with Crippen LogP contribution in [0.4, 0.5) is 5.69 Å². The lowest BCUT2D eigenvalue weighted by Crippen LogP contribution is -2.11. The second-order valence-electron chi connectivity index (χ2n) is 4.48. The molecule has 1 heterocycles. The van der Waals surface area contributed by atoms with Gasteiger partial charge in [-0.05, 0) is 41.1 Å². The number of sulfonamides is 1. The van der Waals surface area contributed by atoms with Gasteiger partial charge in [0, 0.05) is 5.69 Å². The second-order valence-corrected chi connectivity index (χ2v) is 7.30. The standard InChI is InChI=1S/C14H17NO3S2/c1-2-3-11-4-6-13(7-5-11)15-20(17,18)14-8-12(9-16)10-19-14/h4-8,10,15-16H,2-3,9H2,1H3. The van der Waals surface area contributed by atoms with Crippen LogP contribution in [0.1, 0.15) is 24.5 Å². The number of aryl methyl sites for hydroxylation is 1. The van der Waals surface area contributed by atoms with Crippen molar-refractivity contribution >= 4 is 27.0 Å². The molecule has 2 aromatic rings. The van der Waals surface area contributed by atoms with E-state index in [-0.39, 0.29) is 10.8 Å². The average Bonchev–Trinajstić information content (AvgIpc) is 2.91. The predicted octanol–water partition coefficient (Wildman–Crippen LogP) is 2.99. The van der Waals surface area contributed by atoms with Crippen LogP contribution >= 0.6 is 11.3 Å². The lowest BCUT2D eigenvalue weighted by Gasteiger charge is -2.07. The highest BCUT2D eigenvalue weighted by Crippen LogP contribution is 2.23. The van der Waals surface area contributed by atoms with E-state index in [9.17, 15) is 8.42 Å². The minimum Gasteiger partial charge on any atom is -0.392 e. The van der Waals surface area contributed by atoms with Crippen LogP contribution in [0.5, 0.6) is 0 Å². The van der Waals surface area contributed by atoms with Crippen LogP contribution in [0.15, 0.2) is 39.9 Å². The second kappa shape index (κ2) is 6.39. The van der Waals surface area contributed by atoms with E-state index in [1.807, 2.05) is 12.1 Å². The molecule has 0 radical (unpaired) electrons. The van der Waals surface area contributed by atoms with Gasteiger partial charge in [-0.25, -0.2) is 8.42 Å². The molecule has 0 aliphatic rings. The summed E-state index contributed by atoms with van der Waals surface area (Å²) in [6.07, 6.45) is 2.04. The summed E-state index contributed by atoms with van der Waals surface area (Å²) in [5, 5.41) is 10.6. The lowest BCUT2D eigenvalue weighted by atomic mass is 10.1. The van der Waals surface area contributed by atoms with Gasteiger partial charge in [-0.1, -0.05) is 25.5 Å². The van der Waals surface area contributed by atoms with Gasteiger partial charge in [-0.3, -0.25) is 4.72 Å². The molecule has 0 amide bonds. The average molecular weight is 311 g/mol. The molecule has 20 heavy (non-hydrogen) atoms. The molecular formula is C14H17NO3S2. The Bertz CT molecular complexity index is 660. The van der Waals surface area contributed by atoms with Crippen molar-refractivity contribution in [2.45, 2.75) is 30.6 Å². The van der Waals surface area contributed by atoms with Crippen molar-refractivity contribution in [3.05, 3.63) is 46.8 Å². The summed E-state index contributed by atoms with van der Waals surface area (Å²) >= 11 is 1.10. The van der Waals surface area contributed by atoms with E-state index in [4.69, 9.17) is 5.11 Å². The Hall–Kier alpha value is -1.37. The monoisotopic (exact) mass is 311 g/mol. The van der Waals surface area contributed by atoms with Crippen molar-refractivity contribution < 1.29 is 13.5 Å². The molecule has 0 saturated carbocycles. The van der Waals surface area contributed by atoms with Crippen LogP contribution in [-0.2, 0) is 23.1 Å². The number of aliphatic hydroxyl groups is 1. The maximum absolute atomic E-state index is 12.2. The van der Waals surface area contributed by atoms with E-state index < -0.39 is 10.0 Å². The first-order valence-corrected chi connectivity index (χ1v) is 8.71. The Morgan fingerprint density at radius 2 is 1.90 bits per heavy atom. The molecule has 0 bridgehead atoms. The fourth-order valence-corrected chi connectivity index (χ4v) is 4.07. The van der Waals surface area contributed by atoms with Gasteiger partial charge in [0.05, 0.1) is 6.61 Å². The first-order valence-electron chi connectivity index (χ1n) is 6.35. The highest BCUT2D eigenvalue weighted by Gasteiger charge is 2.16. The van der Waals surface area contributed by atoms with Crippen LogP contribution < -0.4 is 4.72 Å². The van der Waals surface area contributed by atoms with Crippen molar-refractivity contribution in [1.82, 2.24) is 0 Å². The Balaban J connectivity index is 2.15. The summed E-state index contributed by atoms with van der Waals surface area (Å²) in [5.41, 5.74) is 2.34. The third kappa shape index (κ3) is 3.59. The largest absolute Gasteiger partial charge is 0.392 e. The molecule has 108 valence electrons. The Labute approximate surface area is 123 Å². The SMILES string of the molecule is CCCc1ccc(NS(=O)(=O)c2cc(CO)cs2)cc1. The van der Waals surface area contributed by atoms with E-state index >= 15 is 0 Å². The molecule has 0 spiro atoms. The number of aliphatic hydroxyl groups excluding tert-OH is 1. The molecular weight excluding hydrogens is 294 g/mol. The highest BCUT2D eigenvalue weighted by molar-refractivity contribution is 7.94. The molecule has 2 rings (SSSR count). The van der Waals surface area contributed by atoms with Gasteiger partial charge in [0.2, 0.25) is 0 Å². The third-order valence-electron chi connectivity index (χ3n) is 2.82. The smallest absolute Gasteiger partial charge is 0.271 e. The van der Waals surface area contributed by atoms with Gasteiger partial charge < -0.3 is 5.11 Å². The van der Waals surface area contributed by atoms with Crippen molar-refractivity contribution in [3.8, 4) is 0 Å². The number of anilines is 1. The third-order valence-corrected chi connectivity index (χ3v) is 5.69. The Morgan fingerprint density at radius 3 is 2.45 bits per heavy atom. The molecule has 0 saturated heterocycles. The number of thiophene rings is 1. The van der Waals surface area contributed by atoms with Crippen LogP contribution in [0, 0.1) is 0 Å². The zero-order valence-corrected chi connectivity index (χ0v) is 12.8. The molecule has 4 nitrogen and oxygen atoms in total. The summed E-state index contributed by atoms with van der Waals surface area (Å²) in [5.74, 6) is 0. The van der Waals surface area contributed by atoms with Crippen LogP contribution in [0.2, 0.25) is 0 Å². The summed E-state index contributed by atoms with van der Waals surface area (Å²) in [7, 11) is -3.57. The zero-order valence-electron chi connectivity index (χ0n) is 11.2. The number of hydrogen-bond donors (Lipinski definition) is 2. The van der Waals surface area contributed by atoms with Crippen molar-refractivity contribution in [1.29, 1.82) is 0 Å². The van der Waals surface area contributed by atoms with Crippen LogP contribution in [0.25, 0.3) is 0 Å². The van der Waals surface area contributed by atoms with Gasteiger partial charge in [0.1, 0.15) is 4.21 Å². The molecule has 0 unspecified atom stereocenters. The van der Waals surface area contributed by atoms with E-state index in [1.54, 1.807) is 17.5 Å². The normalized spacial score (nSPS) is 11.5. The molecule has 0 atom stereocenters. The fourth-order valence-electron chi connectivity index (χ4n) is 1.81. The lowest BCUT2D eigenvalue weighted by molar-refractivity contribution is 0.282. The molecule has 0 aliphatic carbocycles. The maximum Gasteiger partial charge on any atom is 0.271 e. The molecule has 1 aromatic heterocycles. The van der Waals surface area contributed by atoms with Crippen LogP contribution in [0.3, 0.4) is 0 Å². The molecule has 6 heteroatoms. The van der Waals surface area contributed by atoms with E-state index in [1.165, 1.54) is 11.6 Å². The minimum atomic E-state index is -3.57. The van der Waals surface area contributed by atoms with Gasteiger partial charge in [0.25, 0.3) is 10.0 Å². The fraction of sp³-hybridized carbons (Fsp3) is 0.286. The zero-order chi connectivity index (χ0) is 14.6. The molecule has 2 N–H and O–H groups in total. The quantitative estimate of drug-likeness (QED) is 0.862. The maximum atomic E-state index is 12.2. The number of hydrogen-bond acceptors (Lipinski definition) is 4. The van der Waals surface area contributed by atoms with E-state index in [0.717, 1.165) is 24.2 Å². The van der Waals surface area contributed by atoms with Gasteiger partial charge in [-0.15, -0.1) is 11.3 Å². The highest BCUT2D eigenvalue weighted by atomic mass is 32.2. The summed E-state index contributed by atoms with van der Waals surface area (Å²) in [6.45, 7) is 1.95. The molecule has 1 aromatic carbocycles. The number of benzene rings is 1. The first-order chi connectivity index (χ1) is 9.55. The van der Waals surface area contributed by atoms with Gasteiger partial charge in [0.15, 0.2) is 0 Å². The van der Waals surface area contributed by atoms with Crippen molar-refractivity contribution in [2.24, 2.45) is 0 Å². The summed E-state index contributed by atoms with van der Waals surface area (Å²) in [4.78, 5) is 0. The minimum absolute atomic E-state index is 0.155. The predicted molar refractivity (Wildman–Crippen MR) is 81.5 cm³/mol. The Kier molecular flexibility index (Phi) is 4.80. The van der Waals surface area contributed by atoms with Gasteiger partial charge >= 0.3 is 0 Å². The van der Waals surface area contributed by atoms with Crippen LogP contribution in [-0.4, -0.2) is 13.5 Å². The van der Waals surface area contributed by atoms with Gasteiger partial charge in [-0.2, -0.15) is 0 Å². The molecule has 0 fully saturated rings. The van der Waals surface area contributed by atoms with Crippen molar-refractivity contribution in [3.63, 3.8) is 0 Å². The number of nitrogens with one attached hydrogen (secondary N) is 1. The Morgan fingerprint density at radius 1 is 1.20 bits per heavy atom. The summed E-state index contributed by atoms with van der Waals surface area (Å²) in [6, 6.07) is 8.87. The molecule has 0 aliphatic heterocycles.